The molecule has 5 fully saturated rings. The molecule has 4 amide bonds. The molecule has 2 bridgehead atoms. The lowest BCUT2D eigenvalue weighted by molar-refractivity contribution is -0.148. The van der Waals surface area contributed by atoms with E-state index in [-0.39, 0.29) is 35.5 Å². The summed E-state index contributed by atoms with van der Waals surface area (Å²) in [7, 11) is 1.50. The summed E-state index contributed by atoms with van der Waals surface area (Å²) < 4.78 is 0. The van der Waals surface area contributed by atoms with E-state index in [0.29, 0.717) is 34.1 Å². The van der Waals surface area contributed by atoms with Gasteiger partial charge in [-0.25, -0.2) is 4.90 Å². The molecule has 0 N–H and O–H groups in total. The van der Waals surface area contributed by atoms with Crippen LogP contribution in [0.25, 0.3) is 11.1 Å². The van der Waals surface area contributed by atoms with Gasteiger partial charge in [-0.1, -0.05) is 41.4 Å². The van der Waals surface area contributed by atoms with E-state index >= 15 is 0 Å². The summed E-state index contributed by atoms with van der Waals surface area (Å²) in [5.74, 6) is -3.74. The predicted octanol–water partition coefficient (Wildman–Crippen LogP) is 4.35. The van der Waals surface area contributed by atoms with Crippen molar-refractivity contribution in [3.8, 4) is 11.1 Å². The molecule has 6 nitrogen and oxygen atoms in total. The van der Waals surface area contributed by atoms with Gasteiger partial charge in [-0.3, -0.25) is 24.1 Å². The number of amides is 4. The Bertz CT molecular complexity index is 1260. The van der Waals surface area contributed by atoms with Gasteiger partial charge in [-0.05, 0) is 55.4 Å². The summed E-state index contributed by atoms with van der Waals surface area (Å²) in [6.07, 6.45) is 1.36. The van der Waals surface area contributed by atoms with Crippen LogP contribution in [0.5, 0.6) is 0 Å². The first kappa shape index (κ1) is 21.8. The number of aryl methyl sites for hydroxylation is 1. The molecule has 6 atom stereocenters. The highest BCUT2D eigenvalue weighted by atomic mass is 35.5. The quantitative estimate of drug-likeness (QED) is 0.579. The Morgan fingerprint density at radius 1 is 0.706 bits per heavy atom. The van der Waals surface area contributed by atoms with Crippen molar-refractivity contribution < 1.29 is 19.2 Å². The molecule has 34 heavy (non-hydrogen) atoms. The molecule has 3 saturated carbocycles. The topological polar surface area (TPSA) is 74.8 Å². The van der Waals surface area contributed by atoms with Crippen molar-refractivity contribution in [2.24, 2.45) is 35.5 Å². The van der Waals surface area contributed by atoms with E-state index in [0.717, 1.165) is 11.1 Å². The molecule has 2 aromatic rings. The summed E-state index contributed by atoms with van der Waals surface area (Å²) in [5, 5.41) is 0.946. The second-order valence-corrected chi connectivity index (χ2v) is 10.7. The third kappa shape index (κ3) is 2.75. The minimum absolute atomic E-state index is 0.218. The lowest BCUT2D eigenvalue weighted by Crippen LogP contribution is -2.53. The highest BCUT2D eigenvalue weighted by Gasteiger charge is 2.69. The van der Waals surface area contributed by atoms with Crippen LogP contribution in [0.4, 0.5) is 5.69 Å². The molecule has 0 aromatic heterocycles. The van der Waals surface area contributed by atoms with E-state index in [1.807, 2.05) is 25.1 Å². The minimum atomic E-state index is -0.569. The Morgan fingerprint density at radius 2 is 1.18 bits per heavy atom. The summed E-state index contributed by atoms with van der Waals surface area (Å²) in [4.78, 5) is 55.2. The number of carbonyl (C=O) groups excluding carboxylic acids is 4. The third-order valence-electron chi connectivity index (χ3n) is 8.32. The smallest absolute Gasteiger partial charge is 0.238 e. The second-order valence-electron chi connectivity index (χ2n) is 9.90. The van der Waals surface area contributed by atoms with Gasteiger partial charge in [0.25, 0.3) is 0 Å². The predicted molar refractivity (Wildman–Crippen MR) is 127 cm³/mol. The van der Waals surface area contributed by atoms with Crippen LogP contribution in [0.15, 0.2) is 36.4 Å². The first-order chi connectivity index (χ1) is 16.2. The molecule has 3 aliphatic carbocycles. The van der Waals surface area contributed by atoms with Gasteiger partial charge in [0.05, 0.1) is 34.4 Å². The van der Waals surface area contributed by atoms with Crippen LogP contribution in [0.2, 0.25) is 10.0 Å². The van der Waals surface area contributed by atoms with Crippen molar-refractivity contribution in [3.63, 3.8) is 0 Å². The number of hydrogen-bond donors (Lipinski definition) is 0. The van der Waals surface area contributed by atoms with E-state index < -0.39 is 23.7 Å². The Hall–Kier alpha value is -2.70. The normalized spacial score (nSPS) is 32.0. The van der Waals surface area contributed by atoms with Crippen LogP contribution >= 0.6 is 23.2 Å². The average Bonchev–Trinajstić information content (AvgIpc) is 3.22. The molecular weight excluding hydrogens is 475 g/mol. The van der Waals surface area contributed by atoms with Crippen LogP contribution in [0, 0.1) is 42.4 Å². The lowest BCUT2D eigenvalue weighted by atomic mass is 9.51. The maximum atomic E-state index is 13.6. The SMILES string of the molecule is Cc1ccc(-c2ccc(N3C(=O)C4C5CCC(C6C(=O)N(C)C(=O)C56)C4C3=O)cc2Cl)c(Cl)c1. The maximum Gasteiger partial charge on any atom is 0.238 e. The molecule has 174 valence electrons. The van der Waals surface area contributed by atoms with Gasteiger partial charge in [-0.15, -0.1) is 0 Å². The van der Waals surface area contributed by atoms with E-state index in [1.54, 1.807) is 18.2 Å². The van der Waals surface area contributed by atoms with Gasteiger partial charge in [0.2, 0.25) is 23.6 Å². The van der Waals surface area contributed by atoms with E-state index in [4.69, 9.17) is 23.2 Å². The highest BCUT2D eigenvalue weighted by Crippen LogP contribution is 2.60. The summed E-state index contributed by atoms with van der Waals surface area (Å²) in [5.41, 5.74) is 2.91. The largest absolute Gasteiger partial charge is 0.285 e. The van der Waals surface area contributed by atoms with Gasteiger partial charge in [0.15, 0.2) is 0 Å². The Labute approximate surface area is 206 Å². The fourth-order valence-corrected chi connectivity index (χ4v) is 7.49. The molecule has 0 spiro atoms. The third-order valence-corrected chi connectivity index (χ3v) is 8.95. The van der Waals surface area contributed by atoms with Crippen molar-refractivity contribution >= 4 is 52.5 Å². The number of carbonyl (C=O) groups is 4. The van der Waals surface area contributed by atoms with Gasteiger partial charge in [0, 0.05) is 23.2 Å². The van der Waals surface area contributed by atoms with Crippen molar-refractivity contribution in [1.82, 2.24) is 4.90 Å². The van der Waals surface area contributed by atoms with E-state index in [2.05, 4.69) is 0 Å². The number of anilines is 1. The Kier molecular flexibility index (Phi) is 4.74. The van der Waals surface area contributed by atoms with Crippen LogP contribution in [0.3, 0.4) is 0 Å². The summed E-state index contributed by atoms with van der Waals surface area (Å²) in [6.45, 7) is 1.95. The highest BCUT2D eigenvalue weighted by molar-refractivity contribution is 6.37. The molecule has 2 saturated heterocycles. The summed E-state index contributed by atoms with van der Waals surface area (Å²) in [6, 6.07) is 10.8. The number of halogens is 2. The van der Waals surface area contributed by atoms with Gasteiger partial charge in [0.1, 0.15) is 0 Å². The number of likely N-dealkylation sites (tertiary alicyclic amines) is 1. The van der Waals surface area contributed by atoms with Crippen LogP contribution < -0.4 is 4.90 Å². The number of rotatable bonds is 2. The zero-order valence-corrected chi connectivity index (χ0v) is 20.1. The summed E-state index contributed by atoms with van der Waals surface area (Å²) >= 11 is 13.0. The van der Waals surface area contributed by atoms with E-state index in [1.165, 1.54) is 16.8 Å². The molecule has 2 aliphatic heterocycles. The molecule has 2 aromatic carbocycles. The molecular formula is C26H22Cl2N2O4. The van der Waals surface area contributed by atoms with Gasteiger partial charge >= 0.3 is 0 Å². The monoisotopic (exact) mass is 496 g/mol. The standard InChI is InChI=1S/C26H22Cl2N2O4/c1-11-3-5-13(17(27)9-11)14-6-4-12(10-18(14)28)30-25(33)21-15-7-8-16(22(21)26(30)34)20-19(15)23(31)29(2)24(20)32/h3-6,9-10,15-16,19-22H,7-8H2,1-2H3. The zero-order valence-electron chi connectivity index (χ0n) is 18.6. The molecule has 7 rings (SSSR count). The maximum absolute atomic E-state index is 13.6. The second kappa shape index (κ2) is 7.40. The molecule has 0 radical (unpaired) electrons. The Morgan fingerprint density at radius 3 is 1.68 bits per heavy atom. The van der Waals surface area contributed by atoms with Crippen molar-refractivity contribution in [1.29, 1.82) is 0 Å². The number of nitrogens with zero attached hydrogens (tertiary/aromatic N) is 2. The lowest BCUT2D eigenvalue weighted by Gasteiger charge is -2.48. The van der Waals surface area contributed by atoms with E-state index in [9.17, 15) is 19.2 Å². The number of fused-ring (bicyclic) bond motifs is 1. The number of benzene rings is 2. The average molecular weight is 497 g/mol. The van der Waals surface area contributed by atoms with Gasteiger partial charge < -0.3 is 0 Å². The Balaban J connectivity index is 1.37. The molecule has 5 aliphatic rings. The fourth-order valence-electron chi connectivity index (χ4n) is 6.88. The van der Waals surface area contributed by atoms with Crippen LogP contribution in [0.1, 0.15) is 18.4 Å². The van der Waals surface area contributed by atoms with Crippen LogP contribution in [-0.2, 0) is 19.2 Å². The van der Waals surface area contributed by atoms with Crippen LogP contribution in [-0.4, -0.2) is 35.6 Å². The van der Waals surface area contributed by atoms with Crippen molar-refractivity contribution in [2.75, 3.05) is 11.9 Å². The zero-order chi connectivity index (χ0) is 24.0. The van der Waals surface area contributed by atoms with Gasteiger partial charge in [-0.2, -0.15) is 0 Å². The molecule has 2 heterocycles. The number of hydrogen-bond acceptors (Lipinski definition) is 4. The fraction of sp³-hybridized carbons (Fsp3) is 0.385. The first-order valence-electron chi connectivity index (χ1n) is 11.5. The molecule has 8 heteroatoms. The number of imide groups is 2. The molecule has 6 unspecified atom stereocenters. The van der Waals surface area contributed by atoms with Crippen molar-refractivity contribution in [2.45, 2.75) is 19.8 Å². The first-order valence-corrected chi connectivity index (χ1v) is 12.2. The van der Waals surface area contributed by atoms with Crippen molar-refractivity contribution in [3.05, 3.63) is 52.0 Å². The minimum Gasteiger partial charge on any atom is -0.285 e.